The summed E-state index contributed by atoms with van der Waals surface area (Å²) >= 11 is 0. The molecule has 0 spiro atoms. The van der Waals surface area contributed by atoms with Crippen LogP contribution in [0.2, 0.25) is 12.6 Å². The molecule has 6 heteroatoms. The van der Waals surface area contributed by atoms with Crippen LogP contribution in [0.1, 0.15) is 23.1 Å². The molecular weight excluding hydrogens is 449 g/mol. The highest BCUT2D eigenvalue weighted by atomic mass is 28.3. The molecule has 0 radical (unpaired) electrons. The number of aryl methyl sites for hydroxylation is 1. The van der Waals surface area contributed by atoms with Crippen molar-refractivity contribution in [1.29, 1.82) is 0 Å². The third-order valence-corrected chi connectivity index (χ3v) is 11.5. The lowest BCUT2D eigenvalue weighted by atomic mass is 9.87. The van der Waals surface area contributed by atoms with E-state index in [4.69, 9.17) is 0 Å². The Bertz CT molecular complexity index is 1260. The Labute approximate surface area is 201 Å². The molecule has 178 valence electrons. The van der Waals surface area contributed by atoms with Crippen molar-refractivity contribution in [2.75, 3.05) is 33.1 Å². The van der Waals surface area contributed by atoms with E-state index in [2.05, 4.69) is 62.0 Å². The monoisotopic (exact) mass is 481 g/mol. The first-order chi connectivity index (χ1) is 15.9. The molecule has 2 aliphatic rings. The average molecular weight is 482 g/mol. The van der Waals surface area contributed by atoms with Crippen LogP contribution in [0.15, 0.2) is 71.5 Å². The Balaban J connectivity index is 2.09. The van der Waals surface area contributed by atoms with Crippen molar-refractivity contribution < 1.29 is 17.7 Å². The number of benzene rings is 2. The second kappa shape index (κ2) is 8.73. The molecule has 1 aliphatic heterocycles. The molecule has 34 heavy (non-hydrogen) atoms. The predicted octanol–water partition coefficient (Wildman–Crippen LogP) is 5.86. The maximum atomic E-state index is 13.5. The second-order valence-corrected chi connectivity index (χ2v) is 14.1. The van der Waals surface area contributed by atoms with Gasteiger partial charge in [0.2, 0.25) is 0 Å². The van der Waals surface area contributed by atoms with Crippen LogP contribution in [0.5, 0.6) is 0 Å². The number of rotatable bonds is 4. The molecule has 0 aromatic heterocycles. The van der Waals surface area contributed by atoms with Gasteiger partial charge in [0.15, 0.2) is 5.71 Å². The molecule has 2 aromatic rings. The first-order valence-electron chi connectivity index (χ1n) is 11.6. The van der Waals surface area contributed by atoms with E-state index >= 15 is 0 Å². The smallest absolute Gasteiger partial charge is 0.378 e. The Kier molecular flexibility index (Phi) is 6.23. The van der Waals surface area contributed by atoms with Gasteiger partial charge in [-0.3, -0.25) is 0 Å². The number of halogens is 3. The average Bonchev–Trinajstić information content (AvgIpc) is 2.78. The molecule has 0 N–H and O–H groups in total. The van der Waals surface area contributed by atoms with E-state index in [1.165, 1.54) is 0 Å². The lowest BCUT2D eigenvalue weighted by Crippen LogP contribution is -2.52. The van der Waals surface area contributed by atoms with Crippen molar-refractivity contribution in [1.82, 2.24) is 0 Å². The zero-order valence-electron chi connectivity index (χ0n) is 20.7. The summed E-state index contributed by atoms with van der Waals surface area (Å²) in [7, 11) is 5.17. The topological polar surface area (TPSA) is 6.25 Å². The third-order valence-electron chi connectivity index (χ3n) is 7.09. The van der Waals surface area contributed by atoms with Crippen LogP contribution >= 0.6 is 0 Å². The van der Waals surface area contributed by atoms with E-state index in [0.29, 0.717) is 0 Å². The summed E-state index contributed by atoms with van der Waals surface area (Å²) in [5.74, 6) is 0. The minimum atomic E-state index is -4.19. The summed E-state index contributed by atoms with van der Waals surface area (Å²) in [6, 6.07) is 14.7. The van der Waals surface area contributed by atoms with Gasteiger partial charge < -0.3 is 4.90 Å². The highest BCUT2D eigenvalue weighted by molar-refractivity contribution is 6.99. The Morgan fingerprint density at radius 2 is 1.68 bits per heavy atom. The number of fused-ring (bicyclic) bond motifs is 2. The summed E-state index contributed by atoms with van der Waals surface area (Å²) in [6.45, 7) is 4.21. The first-order valence-corrected chi connectivity index (χ1v) is 14.3. The molecule has 0 saturated heterocycles. The van der Waals surface area contributed by atoms with Crippen LogP contribution < -0.4 is 10.1 Å². The van der Waals surface area contributed by atoms with Gasteiger partial charge >= 0.3 is 6.18 Å². The van der Waals surface area contributed by atoms with E-state index in [0.717, 1.165) is 49.6 Å². The van der Waals surface area contributed by atoms with Crippen LogP contribution in [0.3, 0.4) is 0 Å². The van der Waals surface area contributed by atoms with Gasteiger partial charge in [-0.05, 0) is 69.4 Å². The van der Waals surface area contributed by atoms with Crippen LogP contribution in [0.4, 0.5) is 18.9 Å². The molecule has 1 atom stereocenters. The fourth-order valence-electron chi connectivity index (χ4n) is 5.06. The molecule has 0 saturated carbocycles. The maximum Gasteiger partial charge on any atom is 0.388 e. The van der Waals surface area contributed by atoms with Gasteiger partial charge in [0.1, 0.15) is 22.2 Å². The summed E-state index contributed by atoms with van der Waals surface area (Å²) in [4.78, 5) is 2.03. The van der Waals surface area contributed by atoms with Gasteiger partial charge in [-0.25, -0.2) is 4.58 Å². The van der Waals surface area contributed by atoms with Crippen LogP contribution in [0.25, 0.3) is 5.57 Å². The third kappa shape index (κ3) is 4.31. The van der Waals surface area contributed by atoms with Gasteiger partial charge in [0.05, 0.1) is 0 Å². The minimum absolute atomic E-state index is 0.130. The Morgan fingerprint density at radius 1 is 0.971 bits per heavy atom. The van der Waals surface area contributed by atoms with Gasteiger partial charge in [-0.15, -0.1) is 0 Å². The van der Waals surface area contributed by atoms with Gasteiger partial charge in [-0.1, -0.05) is 36.9 Å². The van der Waals surface area contributed by atoms with Gasteiger partial charge in [0.25, 0.3) is 0 Å². The number of hydrogen-bond acceptors (Lipinski definition) is 1. The molecule has 1 aliphatic carbocycles. The van der Waals surface area contributed by atoms with Crippen LogP contribution in [0, 0.1) is 6.92 Å². The summed E-state index contributed by atoms with van der Waals surface area (Å²) in [6.07, 6.45) is 1.38. The number of allylic oxidation sites excluding steroid dienone is 5. The van der Waals surface area contributed by atoms with Crippen molar-refractivity contribution in [2.24, 2.45) is 0 Å². The fourth-order valence-corrected chi connectivity index (χ4v) is 9.22. The van der Waals surface area contributed by atoms with Gasteiger partial charge in [-0.2, -0.15) is 13.2 Å². The largest absolute Gasteiger partial charge is 0.388 e. The molecule has 4 rings (SSSR count). The van der Waals surface area contributed by atoms with Crippen molar-refractivity contribution in [2.45, 2.75) is 32.1 Å². The minimum Gasteiger partial charge on any atom is -0.378 e. The molecule has 0 fully saturated rings. The number of hydrogen-bond donors (Lipinski definition) is 0. The lowest BCUT2D eigenvalue weighted by Gasteiger charge is -2.41. The zero-order chi connectivity index (χ0) is 24.8. The predicted molar refractivity (Wildman–Crippen MR) is 139 cm³/mol. The Hall–Kier alpha value is -2.86. The van der Waals surface area contributed by atoms with Crippen molar-refractivity contribution in [3.05, 3.63) is 88.2 Å². The van der Waals surface area contributed by atoms with E-state index < -0.39 is 20.7 Å². The standard InChI is InChI=1S/C28H32F3N2Si/c1-19-9-7-8-10-22(19)27-23-13-11-20(32(2)3)17-25(23)34(6,16-15-28(29,30)31)26-18-21(33(4)5)12-14-24(26)27/h7-14,17-18H,15-16H2,1-6H3/q+1. The lowest BCUT2D eigenvalue weighted by molar-refractivity contribution is -0.462. The first kappa shape index (κ1) is 24.3. The number of alkyl halides is 3. The van der Waals surface area contributed by atoms with E-state index in [-0.39, 0.29) is 6.04 Å². The fraction of sp³-hybridized carbons (Fsp3) is 0.321. The van der Waals surface area contributed by atoms with E-state index in [1.54, 1.807) is 0 Å². The van der Waals surface area contributed by atoms with E-state index in [1.807, 2.05) is 49.8 Å². The molecule has 2 aromatic carbocycles. The second-order valence-electron chi connectivity index (χ2n) is 9.89. The number of anilines is 1. The van der Waals surface area contributed by atoms with Crippen molar-refractivity contribution >= 4 is 30.2 Å². The van der Waals surface area contributed by atoms with Gasteiger partial charge in [0, 0.05) is 38.4 Å². The molecular formula is C28H32F3N2Si+. The van der Waals surface area contributed by atoms with Crippen molar-refractivity contribution in [3.63, 3.8) is 0 Å². The summed E-state index contributed by atoms with van der Waals surface area (Å²) < 4.78 is 42.7. The maximum absolute atomic E-state index is 13.5. The molecule has 0 bridgehead atoms. The van der Waals surface area contributed by atoms with Crippen LogP contribution in [-0.4, -0.2) is 52.7 Å². The molecule has 1 heterocycles. The summed E-state index contributed by atoms with van der Waals surface area (Å²) in [5, 5.41) is 2.18. The highest BCUT2D eigenvalue weighted by Crippen LogP contribution is 2.45. The molecule has 0 amide bonds. The highest BCUT2D eigenvalue weighted by Gasteiger charge is 2.45. The summed E-state index contributed by atoms with van der Waals surface area (Å²) in [5.41, 5.74) is 7.58. The molecule has 1 unspecified atom stereocenters. The molecule has 2 nitrogen and oxygen atoms in total. The van der Waals surface area contributed by atoms with E-state index in [9.17, 15) is 13.2 Å². The zero-order valence-corrected chi connectivity index (χ0v) is 21.7. The SMILES string of the molecule is Cc1ccccc1C1=C2C=CC(=[N+](C)C)C=C2[Si](C)(CCC(F)(F)F)c2cc(N(C)C)ccc21. The number of nitrogens with zero attached hydrogens (tertiary/aromatic N) is 2. The Morgan fingerprint density at radius 3 is 2.29 bits per heavy atom. The van der Waals surface area contributed by atoms with Crippen molar-refractivity contribution in [3.8, 4) is 0 Å². The quantitative estimate of drug-likeness (QED) is 0.391. The normalized spacial score (nSPS) is 19.6. The van der Waals surface area contributed by atoms with Crippen LogP contribution in [-0.2, 0) is 0 Å².